The summed E-state index contributed by atoms with van der Waals surface area (Å²) in [5, 5.41) is 15.3. The molecule has 2 heterocycles. The third-order valence-corrected chi connectivity index (χ3v) is 6.54. The summed E-state index contributed by atoms with van der Waals surface area (Å²) in [6.07, 6.45) is 6.36. The van der Waals surface area contributed by atoms with Gasteiger partial charge in [-0.25, -0.2) is 0 Å². The topological polar surface area (TPSA) is 49.3 Å². The van der Waals surface area contributed by atoms with E-state index in [9.17, 15) is 9.90 Å². The summed E-state index contributed by atoms with van der Waals surface area (Å²) in [5.41, 5.74) is 0. The number of aliphatic hydroxyl groups excluding tert-OH is 1. The van der Waals surface area contributed by atoms with Crippen LogP contribution in [0.3, 0.4) is 0 Å². The minimum Gasteiger partial charge on any atom is -0.382 e. The van der Waals surface area contributed by atoms with E-state index < -0.39 is 6.10 Å². The van der Waals surface area contributed by atoms with Gasteiger partial charge in [-0.15, -0.1) is 22.7 Å². The molecular weight excluding hydrogens is 326 g/mol. The molecule has 0 spiro atoms. The van der Waals surface area contributed by atoms with Crippen LogP contribution in [0, 0.1) is 5.92 Å². The van der Waals surface area contributed by atoms with Crippen molar-refractivity contribution in [2.75, 3.05) is 0 Å². The Morgan fingerprint density at radius 2 is 2.09 bits per heavy atom. The third kappa shape index (κ3) is 4.66. The fourth-order valence-electron chi connectivity index (χ4n) is 3.13. The van der Waals surface area contributed by atoms with Crippen molar-refractivity contribution < 1.29 is 9.90 Å². The minimum absolute atomic E-state index is 0.144. The van der Waals surface area contributed by atoms with E-state index in [0.717, 1.165) is 27.0 Å². The maximum atomic E-state index is 11.9. The van der Waals surface area contributed by atoms with Crippen molar-refractivity contribution in [1.82, 2.24) is 5.32 Å². The second-order valence-electron chi connectivity index (χ2n) is 6.19. The number of rotatable bonds is 7. The number of carbonyl (C=O) groups is 1. The molecule has 2 aromatic heterocycles. The van der Waals surface area contributed by atoms with Gasteiger partial charge in [0.1, 0.15) is 6.10 Å². The van der Waals surface area contributed by atoms with Crippen molar-refractivity contribution in [2.24, 2.45) is 5.92 Å². The molecular formula is C18H23NO2S2. The summed E-state index contributed by atoms with van der Waals surface area (Å²) in [4.78, 5) is 14.9. The zero-order valence-corrected chi connectivity index (χ0v) is 14.8. The molecule has 5 heteroatoms. The number of aliphatic hydroxyl groups is 1. The Hall–Kier alpha value is -1.17. The lowest BCUT2D eigenvalue weighted by Crippen LogP contribution is -2.22. The van der Waals surface area contributed by atoms with Gasteiger partial charge < -0.3 is 10.4 Å². The first-order chi connectivity index (χ1) is 11.2. The van der Waals surface area contributed by atoms with Crippen LogP contribution in [-0.2, 0) is 11.3 Å². The predicted molar refractivity (Wildman–Crippen MR) is 95.7 cm³/mol. The zero-order valence-electron chi connectivity index (χ0n) is 13.2. The van der Waals surface area contributed by atoms with E-state index >= 15 is 0 Å². The van der Waals surface area contributed by atoms with Crippen molar-refractivity contribution >= 4 is 28.6 Å². The van der Waals surface area contributed by atoms with Gasteiger partial charge in [0.2, 0.25) is 5.91 Å². The van der Waals surface area contributed by atoms with Gasteiger partial charge in [-0.3, -0.25) is 4.79 Å². The quantitative estimate of drug-likeness (QED) is 0.774. The van der Waals surface area contributed by atoms with Gasteiger partial charge in [-0.2, -0.15) is 0 Å². The predicted octanol–water partition coefficient (Wildman–Crippen LogP) is 4.48. The smallest absolute Gasteiger partial charge is 0.220 e. The fraction of sp³-hybridized carbons (Fsp3) is 0.500. The average molecular weight is 350 g/mol. The van der Waals surface area contributed by atoms with Crippen LogP contribution < -0.4 is 5.32 Å². The molecule has 3 nitrogen and oxygen atoms in total. The van der Waals surface area contributed by atoms with Crippen LogP contribution in [-0.4, -0.2) is 11.0 Å². The lowest BCUT2D eigenvalue weighted by atomic mass is 10.0. The average Bonchev–Trinajstić information content (AvgIpc) is 3.33. The first-order valence-electron chi connectivity index (χ1n) is 8.29. The van der Waals surface area contributed by atoms with Gasteiger partial charge >= 0.3 is 0 Å². The highest BCUT2D eigenvalue weighted by Gasteiger charge is 2.17. The molecule has 2 aromatic rings. The first-order valence-corrected chi connectivity index (χ1v) is 9.99. The second kappa shape index (κ2) is 8.08. The maximum absolute atomic E-state index is 11.9. The fourth-order valence-corrected chi connectivity index (χ4v) is 4.89. The van der Waals surface area contributed by atoms with Crippen LogP contribution in [0.2, 0.25) is 0 Å². The molecule has 124 valence electrons. The molecule has 1 atom stereocenters. The van der Waals surface area contributed by atoms with E-state index in [2.05, 4.69) is 5.32 Å². The molecule has 1 aliphatic carbocycles. The summed E-state index contributed by atoms with van der Waals surface area (Å²) < 4.78 is 0. The summed E-state index contributed by atoms with van der Waals surface area (Å²) in [6.45, 7) is 0.561. The maximum Gasteiger partial charge on any atom is 0.220 e. The number of hydrogen-bond acceptors (Lipinski definition) is 4. The van der Waals surface area contributed by atoms with Crippen molar-refractivity contribution in [3.8, 4) is 0 Å². The molecule has 0 aliphatic heterocycles. The lowest BCUT2D eigenvalue weighted by molar-refractivity contribution is -0.121. The molecule has 0 aromatic carbocycles. The summed E-state index contributed by atoms with van der Waals surface area (Å²) in [5.74, 6) is 0.903. The highest BCUT2D eigenvalue weighted by Crippen LogP contribution is 2.31. The number of carbonyl (C=O) groups excluding carboxylic acids is 1. The highest BCUT2D eigenvalue weighted by molar-refractivity contribution is 7.12. The van der Waals surface area contributed by atoms with E-state index in [1.54, 1.807) is 22.7 Å². The van der Waals surface area contributed by atoms with E-state index in [0.29, 0.717) is 13.0 Å². The molecule has 1 fully saturated rings. The highest BCUT2D eigenvalue weighted by atomic mass is 32.1. The van der Waals surface area contributed by atoms with Crippen LogP contribution in [0.15, 0.2) is 29.6 Å². The van der Waals surface area contributed by atoms with Crippen molar-refractivity contribution in [3.63, 3.8) is 0 Å². The standard InChI is InChI=1S/C18H23NO2S2/c20-17(10-7-13-4-1-2-5-13)19-12-14-8-9-16(23-14)18(21)15-6-3-11-22-15/h3,6,8-9,11,13,18,21H,1-2,4-5,7,10,12H2,(H,19,20). The van der Waals surface area contributed by atoms with E-state index in [4.69, 9.17) is 0 Å². The SMILES string of the molecule is O=C(CCC1CCCC1)NCc1ccc(C(O)c2cccs2)s1. The van der Waals surface area contributed by atoms with Crippen LogP contribution in [0.5, 0.6) is 0 Å². The lowest BCUT2D eigenvalue weighted by Gasteiger charge is -2.08. The number of thiophene rings is 2. The van der Waals surface area contributed by atoms with Gasteiger partial charge in [0.25, 0.3) is 0 Å². The molecule has 0 radical (unpaired) electrons. The van der Waals surface area contributed by atoms with Gasteiger partial charge in [0.15, 0.2) is 0 Å². The molecule has 23 heavy (non-hydrogen) atoms. The zero-order chi connectivity index (χ0) is 16.1. The number of nitrogens with one attached hydrogen (secondary N) is 1. The minimum atomic E-state index is -0.549. The summed E-state index contributed by atoms with van der Waals surface area (Å²) in [7, 11) is 0. The molecule has 2 N–H and O–H groups in total. The monoisotopic (exact) mass is 349 g/mol. The van der Waals surface area contributed by atoms with Crippen molar-refractivity contribution in [1.29, 1.82) is 0 Å². The Bertz CT molecular complexity index is 615. The van der Waals surface area contributed by atoms with Gasteiger partial charge in [-0.1, -0.05) is 31.7 Å². The summed E-state index contributed by atoms with van der Waals surface area (Å²) in [6, 6.07) is 7.84. The molecule has 3 rings (SSSR count). The Morgan fingerprint density at radius 3 is 2.83 bits per heavy atom. The Kier molecular flexibility index (Phi) is 5.86. The van der Waals surface area contributed by atoms with Crippen LogP contribution >= 0.6 is 22.7 Å². The number of amides is 1. The first kappa shape index (κ1) is 16.7. The van der Waals surface area contributed by atoms with E-state index in [-0.39, 0.29) is 5.91 Å². The second-order valence-corrected chi connectivity index (χ2v) is 8.37. The molecule has 1 saturated carbocycles. The van der Waals surface area contributed by atoms with Gasteiger partial charge in [0, 0.05) is 21.1 Å². The molecule has 0 saturated heterocycles. The third-order valence-electron chi connectivity index (χ3n) is 4.48. The van der Waals surface area contributed by atoms with E-state index in [1.807, 2.05) is 29.6 Å². The Labute approximate surface area is 145 Å². The largest absolute Gasteiger partial charge is 0.382 e. The van der Waals surface area contributed by atoms with Gasteiger partial charge in [-0.05, 0) is 35.9 Å². The van der Waals surface area contributed by atoms with Gasteiger partial charge in [0.05, 0.1) is 6.54 Å². The normalized spacial score (nSPS) is 16.6. The van der Waals surface area contributed by atoms with Crippen molar-refractivity contribution in [3.05, 3.63) is 44.3 Å². The van der Waals surface area contributed by atoms with E-state index in [1.165, 1.54) is 25.7 Å². The van der Waals surface area contributed by atoms with Crippen LogP contribution in [0.4, 0.5) is 0 Å². The number of hydrogen-bond donors (Lipinski definition) is 2. The van der Waals surface area contributed by atoms with Crippen molar-refractivity contribution in [2.45, 2.75) is 51.2 Å². The molecule has 1 aliphatic rings. The Balaban J connectivity index is 1.44. The molecule has 1 amide bonds. The molecule has 1 unspecified atom stereocenters. The van der Waals surface area contributed by atoms with Crippen LogP contribution in [0.25, 0.3) is 0 Å². The molecule has 0 bridgehead atoms. The van der Waals surface area contributed by atoms with Crippen LogP contribution in [0.1, 0.15) is 59.3 Å². The Morgan fingerprint density at radius 1 is 1.26 bits per heavy atom. The summed E-state index contributed by atoms with van der Waals surface area (Å²) >= 11 is 3.13.